The van der Waals surface area contributed by atoms with Gasteiger partial charge in [-0.3, -0.25) is 42.3 Å². The molecule has 0 radical (unpaired) electrons. The third-order valence-electron chi connectivity index (χ3n) is 10.1. The molecule has 0 heterocycles. The first kappa shape index (κ1) is 79.8. The molecule has 0 fully saturated rings. The van der Waals surface area contributed by atoms with Crippen LogP contribution in [0.25, 0.3) is 0 Å². The van der Waals surface area contributed by atoms with Crippen molar-refractivity contribution >= 4 is 63.8 Å². The number of amides is 2. The second-order valence-corrected chi connectivity index (χ2v) is 27.1. The highest BCUT2D eigenvalue weighted by atomic mass is 32.2. The van der Waals surface area contributed by atoms with E-state index in [0.717, 1.165) is 24.3 Å². The molecule has 84 heavy (non-hydrogen) atoms. The minimum atomic E-state index is -4.23. The Morgan fingerprint density at radius 1 is 0.524 bits per heavy atom. The summed E-state index contributed by atoms with van der Waals surface area (Å²) in [6, 6.07) is 0.602. The summed E-state index contributed by atoms with van der Waals surface area (Å²) >= 11 is 0. The number of carboxylic acids is 2. The molecule has 0 aliphatic heterocycles. The summed E-state index contributed by atoms with van der Waals surface area (Å²) in [5, 5.41) is 32.9. The van der Waals surface area contributed by atoms with Gasteiger partial charge in [0.1, 0.15) is 51.7 Å². The number of carbonyl (C=O) groups is 8. The molecule has 1 rings (SSSR count). The summed E-state index contributed by atoms with van der Waals surface area (Å²) in [4.78, 5) is 107. The molecular weight excluding hydrogens is 1130 g/mol. The Morgan fingerprint density at radius 2 is 0.845 bits per heavy atom. The van der Waals surface area contributed by atoms with Crippen molar-refractivity contribution in [2.45, 2.75) is 239 Å². The fourth-order valence-corrected chi connectivity index (χ4v) is 7.72. The Labute approximate surface area is 493 Å². The molecule has 0 saturated carbocycles. The van der Waals surface area contributed by atoms with E-state index in [0.29, 0.717) is 0 Å². The number of nitrogens with two attached hydrogens (primary N) is 1. The zero-order valence-corrected chi connectivity index (χ0v) is 52.9. The van der Waals surface area contributed by atoms with Crippen molar-refractivity contribution in [2.75, 3.05) is 20.0 Å². The van der Waals surface area contributed by atoms with E-state index in [1.165, 1.54) is 0 Å². The van der Waals surface area contributed by atoms with Crippen LogP contribution < -0.4 is 16.4 Å². The smallest absolute Gasteiger partial charge is 0.408 e. The number of rotatable bonds is 27. The number of hydrogen-bond donors (Lipinski definition) is 5. The summed E-state index contributed by atoms with van der Waals surface area (Å²) < 4.78 is 86.8. The lowest BCUT2D eigenvalue weighted by molar-refractivity contribution is -0.384. The first-order valence-electron chi connectivity index (χ1n) is 27.3. The van der Waals surface area contributed by atoms with Gasteiger partial charge in [0.25, 0.3) is 15.8 Å². The lowest BCUT2D eigenvalue weighted by Crippen LogP contribution is -2.47. The Kier molecular flexibility index (Phi) is 33.5. The van der Waals surface area contributed by atoms with Gasteiger partial charge in [-0.2, -0.15) is 8.42 Å². The topological polar surface area (TPSA) is 369 Å². The average molecular weight is 1230 g/mol. The molecule has 0 aromatic heterocycles. The molecule has 484 valence electrons. The molecule has 1 aromatic carbocycles. The van der Waals surface area contributed by atoms with Gasteiger partial charge in [0.2, 0.25) is 0 Å². The average Bonchev–Trinajstić information content (AvgIpc) is 3.28. The quantitative estimate of drug-likeness (QED) is 0.0137. The number of carboxylic acid groups (broad SMARTS) is 2. The van der Waals surface area contributed by atoms with Gasteiger partial charge in [0.05, 0.1) is 47.5 Å². The van der Waals surface area contributed by atoms with Crippen molar-refractivity contribution in [1.82, 2.24) is 10.6 Å². The number of benzene rings is 1. The molecule has 0 saturated heterocycles. The van der Waals surface area contributed by atoms with Crippen molar-refractivity contribution in [3.05, 3.63) is 34.4 Å². The van der Waals surface area contributed by atoms with Crippen LogP contribution in [0.15, 0.2) is 29.2 Å². The number of nitrogens with one attached hydrogen (secondary N) is 2. The highest BCUT2D eigenvalue weighted by Crippen LogP contribution is 2.26. The van der Waals surface area contributed by atoms with E-state index in [1.54, 1.807) is 125 Å². The summed E-state index contributed by atoms with van der Waals surface area (Å²) in [5.41, 5.74) is 0.0297. The second-order valence-electron chi connectivity index (χ2n) is 25.4. The second kappa shape index (κ2) is 35.2. The van der Waals surface area contributed by atoms with Crippen molar-refractivity contribution in [3.63, 3.8) is 0 Å². The van der Waals surface area contributed by atoms with E-state index in [4.69, 9.17) is 48.6 Å². The van der Waals surface area contributed by atoms with Crippen LogP contribution >= 0.6 is 0 Å². The number of nitro groups is 1. The van der Waals surface area contributed by atoms with Crippen LogP contribution in [0.4, 0.5) is 24.1 Å². The number of hydrogen-bond acceptors (Lipinski definition) is 20. The SMILES string of the molecule is CC(C)(C)OC(=O)N[C@@H](C[C@@H](CCCOS(=O)(=O)c1ccc([N+](=O)[O-])cc1)C(=O)OC(C)(C)C)C(=O)OC(C)(C)C.CC(C)(C)OC(=O)N[C@@H](C[C@@H](CCC[18F])C(=O)OC(C)(C)C)C(=O)OC(C)(C)C.N[C@@H](C[C@@H](CCC[18F])C(=O)O)C(=O)O. The molecule has 2 amide bonds. The number of nitro benzene ring substituents is 1. The molecular formula is C56H94F2N4O21S. The predicted molar refractivity (Wildman–Crippen MR) is 303 cm³/mol. The van der Waals surface area contributed by atoms with Crippen LogP contribution in [-0.2, 0) is 71.5 Å². The summed E-state index contributed by atoms with van der Waals surface area (Å²) in [6.07, 6.45) is -1.49. The van der Waals surface area contributed by atoms with E-state index >= 15 is 0 Å². The highest BCUT2D eigenvalue weighted by molar-refractivity contribution is 7.86. The minimum Gasteiger partial charge on any atom is -0.481 e. The van der Waals surface area contributed by atoms with Gasteiger partial charge in [-0.05, 0) is 195 Å². The van der Waals surface area contributed by atoms with Crippen molar-refractivity contribution in [3.8, 4) is 0 Å². The summed E-state index contributed by atoms with van der Waals surface area (Å²) in [6.45, 7) is 28.8. The lowest BCUT2D eigenvalue weighted by Gasteiger charge is -2.29. The zero-order chi connectivity index (χ0) is 66.0. The zero-order valence-electron chi connectivity index (χ0n) is 52.1. The first-order chi connectivity index (χ1) is 37.9. The summed E-state index contributed by atoms with van der Waals surface area (Å²) in [7, 11) is -4.23. The van der Waals surface area contributed by atoms with Crippen LogP contribution in [0.1, 0.15) is 182 Å². The number of halogens is 2. The van der Waals surface area contributed by atoms with Gasteiger partial charge < -0.3 is 55.0 Å². The Hall–Kier alpha value is -6.29. The minimum absolute atomic E-state index is 0.0417. The number of nitrogens with zero attached hydrogens (tertiary/aromatic N) is 1. The van der Waals surface area contributed by atoms with Crippen molar-refractivity contribution in [2.24, 2.45) is 23.5 Å². The van der Waals surface area contributed by atoms with Gasteiger partial charge in [-0.25, -0.2) is 19.2 Å². The fourth-order valence-electron chi connectivity index (χ4n) is 6.77. The van der Waals surface area contributed by atoms with Crippen molar-refractivity contribution in [1.29, 1.82) is 0 Å². The van der Waals surface area contributed by atoms with E-state index in [2.05, 4.69) is 10.6 Å². The largest absolute Gasteiger partial charge is 0.481 e. The van der Waals surface area contributed by atoms with Crippen LogP contribution in [0.2, 0.25) is 0 Å². The molecule has 0 aliphatic rings. The van der Waals surface area contributed by atoms with Crippen molar-refractivity contribution < 1.29 is 103 Å². The fraction of sp³-hybridized carbons (Fsp3) is 0.750. The molecule has 0 bridgehead atoms. The number of aliphatic carboxylic acids is 2. The number of non-ortho nitro benzene ring substituents is 1. The maximum atomic E-state index is 13.1. The standard InChI is InChI=1S/C27H42N2O11S.C21H38FNO6.C8H14FNO4/c1-25(2,3)38-22(30)18(11-10-16-37-41(35,36)20-14-12-19(13-15-20)29(33)34)17-21(23(31)39-26(4,5)6)28-24(32)40-27(7,8)9;1-19(2,3)27-16(24)14(11-10-12-22)13-15(17(25)28-20(4,5)6)23-18(26)29-21(7,8)9;9-3-1-2-5(7(11)12)4-6(10)8(13)14/h12-15,18,21H,10-11,16-17H2,1-9H3,(H,28,32);14-15H,10-13H2,1-9H3,(H,23,26);5-6H,1-4,10H2,(H,11,12)(H,13,14)/t18-,21+;14-,15+;5-,6+/m111/s1/i;22-1;9-1. The Morgan fingerprint density at radius 3 is 1.14 bits per heavy atom. The van der Waals surface area contributed by atoms with Crippen LogP contribution in [0.5, 0.6) is 0 Å². The Balaban J connectivity index is 0. The maximum Gasteiger partial charge on any atom is 0.408 e. The van der Waals surface area contributed by atoms with Gasteiger partial charge in [0, 0.05) is 12.1 Å². The number of ether oxygens (including phenoxy) is 6. The number of alkyl halides is 2. The van der Waals surface area contributed by atoms with Gasteiger partial charge in [0.15, 0.2) is 0 Å². The van der Waals surface area contributed by atoms with Gasteiger partial charge in [-0.15, -0.1) is 0 Å². The molecule has 0 unspecified atom stereocenters. The number of carbonyl (C=O) groups excluding carboxylic acids is 6. The molecule has 25 nitrogen and oxygen atoms in total. The monoisotopic (exact) mass is 1230 g/mol. The number of alkyl carbamates (subject to hydrolysis) is 2. The van der Waals surface area contributed by atoms with E-state index < -0.39 is 146 Å². The van der Waals surface area contributed by atoms with Crippen LogP contribution in [-0.4, -0.2) is 143 Å². The molecule has 28 heteroatoms. The van der Waals surface area contributed by atoms with E-state index in [9.17, 15) is 65.7 Å². The number of esters is 4. The summed E-state index contributed by atoms with van der Waals surface area (Å²) in [5.74, 6) is -7.67. The molecule has 1 aromatic rings. The van der Waals surface area contributed by atoms with Gasteiger partial charge in [-0.1, -0.05) is 0 Å². The molecule has 0 aliphatic carbocycles. The normalized spacial score (nSPS) is 14.3. The highest BCUT2D eigenvalue weighted by Gasteiger charge is 2.37. The predicted octanol–water partition coefficient (Wildman–Crippen LogP) is 9.22. The molecule has 6 atom stereocenters. The first-order valence-corrected chi connectivity index (χ1v) is 28.7. The van der Waals surface area contributed by atoms with Crippen LogP contribution in [0.3, 0.4) is 0 Å². The van der Waals surface area contributed by atoms with Gasteiger partial charge >= 0.3 is 48.0 Å². The molecule has 6 N–H and O–H groups in total. The van der Waals surface area contributed by atoms with E-state index in [1.807, 2.05) is 0 Å². The van der Waals surface area contributed by atoms with Crippen LogP contribution in [0, 0.1) is 27.9 Å². The molecule has 0 spiro atoms. The maximum absolute atomic E-state index is 13.1. The lowest BCUT2D eigenvalue weighted by atomic mass is 9.94. The Bertz CT molecular complexity index is 2400. The third kappa shape index (κ3) is 39.3. The van der Waals surface area contributed by atoms with E-state index in [-0.39, 0.29) is 75.0 Å². The third-order valence-corrected chi connectivity index (χ3v) is 11.5.